The maximum absolute atomic E-state index is 5.83. The van der Waals surface area contributed by atoms with Gasteiger partial charge in [0.2, 0.25) is 0 Å². The van der Waals surface area contributed by atoms with Crippen molar-refractivity contribution in [3.8, 4) is 0 Å². The third-order valence-electron chi connectivity index (χ3n) is 3.15. The van der Waals surface area contributed by atoms with Gasteiger partial charge in [0.1, 0.15) is 0 Å². The average molecular weight is 384 g/mol. The molecule has 3 N–H and O–H groups in total. The molecule has 0 spiro atoms. The zero-order valence-electron chi connectivity index (χ0n) is 12.4. The van der Waals surface area contributed by atoms with Crippen molar-refractivity contribution >= 4 is 29.9 Å². The van der Waals surface area contributed by atoms with Crippen LogP contribution in [0.1, 0.15) is 26.7 Å². The summed E-state index contributed by atoms with van der Waals surface area (Å²) in [5, 5.41) is 3.12. The Labute approximate surface area is 134 Å². The summed E-state index contributed by atoms with van der Waals surface area (Å²) < 4.78 is 5.04. The first kappa shape index (κ1) is 18.9. The van der Waals surface area contributed by atoms with Gasteiger partial charge in [-0.25, -0.2) is 0 Å². The number of nitrogens with zero attached hydrogens (tertiary/aromatic N) is 2. The lowest BCUT2D eigenvalue weighted by molar-refractivity contribution is 0.179. The van der Waals surface area contributed by atoms with E-state index in [9.17, 15) is 0 Å². The summed E-state index contributed by atoms with van der Waals surface area (Å²) in [6.07, 6.45) is 2.68. The van der Waals surface area contributed by atoms with Gasteiger partial charge in [0.05, 0.1) is 6.61 Å². The van der Waals surface area contributed by atoms with Crippen LogP contribution >= 0.6 is 24.0 Å². The lowest BCUT2D eigenvalue weighted by atomic mass is 10.2. The fraction of sp³-hybridized carbons (Fsp3) is 0.923. The molecule has 0 aromatic heterocycles. The number of hydrogen-bond acceptors (Lipinski definition) is 3. The molecular weight excluding hydrogens is 355 g/mol. The van der Waals surface area contributed by atoms with Crippen molar-refractivity contribution in [3.63, 3.8) is 0 Å². The number of ether oxygens (including phenoxy) is 1. The highest BCUT2D eigenvalue weighted by molar-refractivity contribution is 14.0. The highest BCUT2D eigenvalue weighted by Gasteiger charge is 2.14. The maximum Gasteiger partial charge on any atom is 0.188 e. The van der Waals surface area contributed by atoms with Crippen molar-refractivity contribution < 1.29 is 4.74 Å². The Morgan fingerprint density at radius 2 is 2.00 bits per heavy atom. The van der Waals surface area contributed by atoms with E-state index in [4.69, 9.17) is 10.5 Å². The lowest BCUT2D eigenvalue weighted by Gasteiger charge is -2.19. The van der Waals surface area contributed by atoms with Gasteiger partial charge in [-0.05, 0) is 38.8 Å². The first-order chi connectivity index (χ1) is 8.61. The van der Waals surface area contributed by atoms with Crippen LogP contribution in [-0.4, -0.2) is 56.8 Å². The number of aliphatic imine (C=N–C) groups is 1. The first-order valence-corrected chi connectivity index (χ1v) is 6.89. The van der Waals surface area contributed by atoms with Crippen LogP contribution in [0.25, 0.3) is 0 Å². The van der Waals surface area contributed by atoms with E-state index >= 15 is 0 Å². The predicted octanol–water partition coefficient (Wildman–Crippen LogP) is 1.28. The second kappa shape index (κ2) is 10.7. The van der Waals surface area contributed by atoms with Gasteiger partial charge in [0.25, 0.3) is 0 Å². The van der Waals surface area contributed by atoms with Gasteiger partial charge < -0.3 is 20.7 Å². The van der Waals surface area contributed by atoms with Gasteiger partial charge in [0, 0.05) is 26.2 Å². The van der Waals surface area contributed by atoms with Gasteiger partial charge in [0.15, 0.2) is 5.96 Å². The summed E-state index contributed by atoms with van der Waals surface area (Å²) >= 11 is 0. The largest absolute Gasteiger partial charge is 0.383 e. The van der Waals surface area contributed by atoms with Crippen molar-refractivity contribution in [1.29, 1.82) is 0 Å². The van der Waals surface area contributed by atoms with Gasteiger partial charge in [-0.1, -0.05) is 6.92 Å². The Balaban J connectivity index is 0.00000324. The number of halogens is 1. The highest BCUT2D eigenvalue weighted by Crippen LogP contribution is 2.10. The minimum Gasteiger partial charge on any atom is -0.383 e. The number of nitrogens with one attached hydrogen (secondary N) is 1. The molecule has 19 heavy (non-hydrogen) atoms. The van der Waals surface area contributed by atoms with Crippen molar-refractivity contribution in [3.05, 3.63) is 0 Å². The van der Waals surface area contributed by atoms with Crippen LogP contribution in [0.4, 0.5) is 0 Å². The summed E-state index contributed by atoms with van der Waals surface area (Å²) in [5.41, 5.74) is 5.83. The van der Waals surface area contributed by atoms with E-state index in [2.05, 4.69) is 22.1 Å². The Morgan fingerprint density at radius 3 is 2.58 bits per heavy atom. The molecule has 1 heterocycles. The van der Waals surface area contributed by atoms with Crippen LogP contribution < -0.4 is 11.1 Å². The van der Waals surface area contributed by atoms with Crippen LogP contribution in [0.3, 0.4) is 0 Å². The number of likely N-dealkylation sites (tertiary alicyclic amines) is 1. The minimum absolute atomic E-state index is 0. The van der Waals surface area contributed by atoms with E-state index in [1.54, 1.807) is 7.11 Å². The quantitative estimate of drug-likeness (QED) is 0.394. The van der Waals surface area contributed by atoms with E-state index < -0.39 is 0 Å². The zero-order chi connectivity index (χ0) is 13.4. The lowest BCUT2D eigenvalue weighted by Crippen LogP contribution is -2.41. The molecule has 1 aliphatic heterocycles. The van der Waals surface area contributed by atoms with Crippen molar-refractivity contribution in [2.45, 2.75) is 32.7 Å². The van der Waals surface area contributed by atoms with Gasteiger partial charge >= 0.3 is 0 Å². The number of guanidine groups is 1. The summed E-state index contributed by atoms with van der Waals surface area (Å²) in [5.74, 6) is 1.08. The number of hydrogen-bond donors (Lipinski definition) is 2. The number of rotatable bonds is 7. The zero-order valence-corrected chi connectivity index (χ0v) is 14.7. The molecule has 0 radical (unpaired) electrons. The first-order valence-electron chi connectivity index (χ1n) is 6.89. The molecule has 1 saturated heterocycles. The van der Waals surface area contributed by atoms with Gasteiger partial charge in [-0.15, -0.1) is 24.0 Å². The molecule has 2 unspecified atom stereocenters. The molecule has 1 rings (SSSR count). The van der Waals surface area contributed by atoms with E-state index in [1.807, 2.05) is 6.92 Å². The minimum atomic E-state index is 0. The highest BCUT2D eigenvalue weighted by atomic mass is 127. The smallest absolute Gasteiger partial charge is 0.188 e. The van der Waals surface area contributed by atoms with E-state index in [0.29, 0.717) is 18.5 Å². The van der Waals surface area contributed by atoms with Crippen LogP contribution in [0.2, 0.25) is 0 Å². The molecule has 0 aliphatic carbocycles. The van der Waals surface area contributed by atoms with Crippen LogP contribution in [0, 0.1) is 5.92 Å². The summed E-state index contributed by atoms with van der Waals surface area (Å²) in [6.45, 7) is 9.30. The Bertz CT molecular complexity index is 257. The molecule has 0 amide bonds. The molecule has 0 saturated carbocycles. The maximum atomic E-state index is 5.83. The molecule has 2 atom stereocenters. The van der Waals surface area contributed by atoms with Gasteiger partial charge in [-0.3, -0.25) is 4.99 Å². The molecule has 1 fully saturated rings. The fourth-order valence-corrected chi connectivity index (χ4v) is 2.31. The van der Waals surface area contributed by atoms with Crippen LogP contribution in [0.15, 0.2) is 4.99 Å². The molecule has 114 valence electrons. The van der Waals surface area contributed by atoms with Crippen LogP contribution in [-0.2, 0) is 4.74 Å². The molecule has 6 heteroatoms. The van der Waals surface area contributed by atoms with Crippen molar-refractivity contribution in [1.82, 2.24) is 10.2 Å². The molecule has 0 aromatic carbocycles. The van der Waals surface area contributed by atoms with Crippen LogP contribution in [0.5, 0.6) is 0 Å². The second-order valence-electron chi connectivity index (χ2n) is 5.34. The van der Waals surface area contributed by atoms with E-state index in [-0.39, 0.29) is 30.0 Å². The Hall–Kier alpha value is -0.0800. The molecule has 1 aliphatic rings. The predicted molar refractivity (Wildman–Crippen MR) is 91.2 cm³/mol. The number of nitrogens with two attached hydrogens (primary N) is 1. The molecule has 5 nitrogen and oxygen atoms in total. The molecule has 0 aromatic rings. The Kier molecular flexibility index (Phi) is 10.6. The number of methoxy groups -OCH3 is 1. The standard InChI is InChI=1S/C13H28N4O.HI/c1-11(9-17-6-4-5-7-17)8-15-13(14)16-12(2)10-18-3;/h11-12H,4-10H2,1-3H3,(H3,14,15,16);1H. The third-order valence-corrected chi connectivity index (χ3v) is 3.15. The van der Waals surface area contributed by atoms with Gasteiger partial charge in [-0.2, -0.15) is 0 Å². The van der Waals surface area contributed by atoms with E-state index in [1.165, 1.54) is 25.9 Å². The molecule has 0 bridgehead atoms. The normalized spacial score (nSPS) is 19.8. The van der Waals surface area contributed by atoms with Crippen molar-refractivity contribution in [2.24, 2.45) is 16.6 Å². The summed E-state index contributed by atoms with van der Waals surface area (Å²) in [7, 11) is 1.68. The van der Waals surface area contributed by atoms with E-state index in [0.717, 1.165) is 13.1 Å². The summed E-state index contributed by atoms with van der Waals surface area (Å²) in [6, 6.07) is 0.202. The third kappa shape index (κ3) is 8.65. The topological polar surface area (TPSA) is 62.9 Å². The Morgan fingerprint density at radius 1 is 1.37 bits per heavy atom. The monoisotopic (exact) mass is 384 g/mol. The van der Waals surface area contributed by atoms with Crippen molar-refractivity contribution in [2.75, 3.05) is 39.9 Å². The summed E-state index contributed by atoms with van der Waals surface area (Å²) in [4.78, 5) is 6.90. The molecular formula is C13H29IN4O. The second-order valence-corrected chi connectivity index (χ2v) is 5.34. The fourth-order valence-electron chi connectivity index (χ4n) is 2.31. The SMILES string of the molecule is COCC(C)NC(N)=NCC(C)CN1CCCC1.I. The average Bonchev–Trinajstić information content (AvgIpc) is 2.79.